The average Bonchev–Trinajstić information content (AvgIpc) is 2.89. The number of nitrogens with one attached hydrogen (secondary N) is 1. The molecule has 202 valence electrons. The number of para-hydroxylation sites is 2. The summed E-state index contributed by atoms with van der Waals surface area (Å²) in [5, 5.41) is 12.8. The molecule has 9 nitrogen and oxygen atoms in total. The van der Waals surface area contributed by atoms with E-state index in [2.05, 4.69) is 10.3 Å². The van der Waals surface area contributed by atoms with Gasteiger partial charge in [0.15, 0.2) is 17.2 Å². The molecule has 2 atom stereocenters. The molecule has 1 unspecified atom stereocenters. The molecule has 1 heterocycles. The maximum Gasteiger partial charge on any atom is 0.328 e. The van der Waals surface area contributed by atoms with E-state index < -0.39 is 35.7 Å². The summed E-state index contributed by atoms with van der Waals surface area (Å²) < 4.78 is 22.4. The molecule has 0 saturated carbocycles. The van der Waals surface area contributed by atoms with Crippen molar-refractivity contribution in [3.63, 3.8) is 0 Å². The molecule has 0 bridgehead atoms. The van der Waals surface area contributed by atoms with Crippen LogP contribution in [0.4, 0.5) is 0 Å². The SMILES string of the molecule is COc1ccnc(C(=O)N[C@@H](C)C(=O)OC(C)C(c2cccc(C)c2OC)c2cccc(C)c2OC)c1O. The van der Waals surface area contributed by atoms with Crippen LogP contribution in [-0.4, -0.2) is 55.4 Å². The monoisotopic (exact) mass is 522 g/mol. The van der Waals surface area contributed by atoms with E-state index in [1.807, 2.05) is 50.2 Å². The number of aromatic hydroxyl groups is 1. The first-order valence-electron chi connectivity index (χ1n) is 12.1. The van der Waals surface area contributed by atoms with Crippen LogP contribution in [0.25, 0.3) is 0 Å². The van der Waals surface area contributed by atoms with Crippen LogP contribution in [0.2, 0.25) is 0 Å². The molecule has 0 radical (unpaired) electrons. The molecule has 0 aliphatic rings. The van der Waals surface area contributed by atoms with Crippen molar-refractivity contribution in [2.75, 3.05) is 21.3 Å². The maximum absolute atomic E-state index is 13.1. The van der Waals surface area contributed by atoms with Crippen LogP contribution in [0, 0.1) is 13.8 Å². The van der Waals surface area contributed by atoms with Crippen LogP contribution < -0.4 is 19.5 Å². The number of carbonyl (C=O) groups is 2. The van der Waals surface area contributed by atoms with Gasteiger partial charge in [-0.15, -0.1) is 0 Å². The standard InChI is InChI=1S/C29H34N2O7/c1-16-10-8-12-20(26(16)36-6)23(21-13-9-11-17(2)27(21)37-7)19(4)38-29(34)18(3)31-28(33)24-25(32)22(35-5)14-15-30-24/h8-15,18-19,23,32H,1-7H3,(H,31,33)/t18-,19?/m0/s1. The zero-order chi connectivity index (χ0) is 28.0. The van der Waals surface area contributed by atoms with Crippen molar-refractivity contribution in [3.8, 4) is 23.0 Å². The summed E-state index contributed by atoms with van der Waals surface area (Å²) in [6, 6.07) is 12.0. The number of aromatic nitrogens is 1. The number of aryl methyl sites for hydroxylation is 2. The minimum Gasteiger partial charge on any atom is -0.503 e. The minimum atomic E-state index is -1.03. The summed E-state index contributed by atoms with van der Waals surface area (Å²) in [7, 11) is 4.57. The number of methoxy groups -OCH3 is 3. The Hall–Kier alpha value is -4.27. The second kappa shape index (κ2) is 12.3. The first-order valence-corrected chi connectivity index (χ1v) is 12.1. The number of hydrogen-bond acceptors (Lipinski definition) is 8. The third-order valence-electron chi connectivity index (χ3n) is 6.36. The lowest BCUT2D eigenvalue weighted by molar-refractivity contribution is -0.150. The third-order valence-corrected chi connectivity index (χ3v) is 6.36. The molecule has 0 aliphatic heterocycles. The quantitative estimate of drug-likeness (QED) is 0.379. The summed E-state index contributed by atoms with van der Waals surface area (Å²) in [5.41, 5.74) is 3.28. The Morgan fingerprint density at radius 1 is 0.868 bits per heavy atom. The highest BCUT2D eigenvalue weighted by molar-refractivity contribution is 5.97. The Balaban J connectivity index is 1.91. The van der Waals surface area contributed by atoms with Gasteiger partial charge < -0.3 is 29.4 Å². The maximum atomic E-state index is 13.1. The molecule has 9 heteroatoms. The average molecular weight is 523 g/mol. The summed E-state index contributed by atoms with van der Waals surface area (Å²) in [6.45, 7) is 7.18. The molecule has 38 heavy (non-hydrogen) atoms. The Kier molecular flexibility index (Phi) is 9.17. The normalized spacial score (nSPS) is 12.4. The fraction of sp³-hybridized carbons (Fsp3) is 0.345. The van der Waals surface area contributed by atoms with Crippen LogP contribution in [0.1, 0.15) is 52.5 Å². The van der Waals surface area contributed by atoms with Gasteiger partial charge in [-0.25, -0.2) is 9.78 Å². The summed E-state index contributed by atoms with van der Waals surface area (Å²) in [6.07, 6.45) is 0.657. The van der Waals surface area contributed by atoms with Crippen LogP contribution in [0.15, 0.2) is 48.7 Å². The second-order valence-corrected chi connectivity index (χ2v) is 8.92. The van der Waals surface area contributed by atoms with Crippen molar-refractivity contribution in [1.29, 1.82) is 0 Å². The molecule has 0 aliphatic carbocycles. The van der Waals surface area contributed by atoms with Gasteiger partial charge in [0.25, 0.3) is 5.91 Å². The first-order chi connectivity index (χ1) is 18.1. The number of nitrogens with zero attached hydrogens (tertiary/aromatic N) is 1. The fourth-order valence-electron chi connectivity index (χ4n) is 4.52. The number of benzene rings is 2. The molecule has 3 rings (SSSR count). The van der Waals surface area contributed by atoms with Gasteiger partial charge in [-0.05, 0) is 38.8 Å². The molecule has 1 aromatic heterocycles. The topological polar surface area (TPSA) is 116 Å². The van der Waals surface area contributed by atoms with Crippen molar-refractivity contribution >= 4 is 11.9 Å². The van der Waals surface area contributed by atoms with E-state index >= 15 is 0 Å². The van der Waals surface area contributed by atoms with Gasteiger partial charge in [-0.1, -0.05) is 36.4 Å². The number of hydrogen-bond donors (Lipinski definition) is 2. The van der Waals surface area contributed by atoms with Crippen molar-refractivity contribution in [2.24, 2.45) is 0 Å². The zero-order valence-electron chi connectivity index (χ0n) is 22.7. The van der Waals surface area contributed by atoms with Gasteiger partial charge in [0, 0.05) is 23.4 Å². The van der Waals surface area contributed by atoms with E-state index in [1.165, 1.54) is 26.3 Å². The molecule has 0 saturated heterocycles. The van der Waals surface area contributed by atoms with Gasteiger partial charge in [-0.2, -0.15) is 0 Å². The molecular weight excluding hydrogens is 488 g/mol. The lowest BCUT2D eigenvalue weighted by Gasteiger charge is -2.29. The smallest absolute Gasteiger partial charge is 0.328 e. The summed E-state index contributed by atoms with van der Waals surface area (Å²) in [5.74, 6) is -0.784. The predicted molar refractivity (Wildman–Crippen MR) is 142 cm³/mol. The first kappa shape index (κ1) is 28.3. The number of carbonyl (C=O) groups excluding carboxylic acids is 2. The lowest BCUT2D eigenvalue weighted by atomic mass is 9.84. The Morgan fingerprint density at radius 2 is 1.42 bits per heavy atom. The number of ether oxygens (including phenoxy) is 4. The summed E-state index contributed by atoms with van der Waals surface area (Å²) >= 11 is 0. The fourth-order valence-corrected chi connectivity index (χ4v) is 4.52. The second-order valence-electron chi connectivity index (χ2n) is 8.92. The van der Waals surface area contributed by atoms with Crippen molar-refractivity contribution in [3.05, 3.63) is 76.6 Å². The minimum absolute atomic E-state index is 0.0936. The molecule has 0 fully saturated rings. The van der Waals surface area contributed by atoms with Crippen LogP contribution in [0.3, 0.4) is 0 Å². The van der Waals surface area contributed by atoms with Gasteiger partial charge in [0.2, 0.25) is 0 Å². The summed E-state index contributed by atoms with van der Waals surface area (Å²) in [4.78, 5) is 29.8. The van der Waals surface area contributed by atoms with E-state index in [0.717, 1.165) is 22.3 Å². The third kappa shape index (κ3) is 5.82. The number of esters is 1. The molecule has 2 aromatic carbocycles. The van der Waals surface area contributed by atoms with Crippen molar-refractivity contribution in [1.82, 2.24) is 10.3 Å². The van der Waals surface area contributed by atoms with Gasteiger partial charge in [0.1, 0.15) is 23.6 Å². The van der Waals surface area contributed by atoms with E-state index in [9.17, 15) is 14.7 Å². The van der Waals surface area contributed by atoms with Gasteiger partial charge in [-0.3, -0.25) is 4.79 Å². The van der Waals surface area contributed by atoms with Crippen LogP contribution in [-0.2, 0) is 9.53 Å². The molecule has 3 aromatic rings. The highest BCUT2D eigenvalue weighted by atomic mass is 16.5. The number of amides is 1. The van der Waals surface area contributed by atoms with Gasteiger partial charge in [0.05, 0.1) is 27.2 Å². The molecule has 2 N–H and O–H groups in total. The largest absolute Gasteiger partial charge is 0.503 e. The van der Waals surface area contributed by atoms with Crippen molar-refractivity contribution < 1.29 is 33.6 Å². The Morgan fingerprint density at radius 3 is 1.92 bits per heavy atom. The number of rotatable bonds is 10. The van der Waals surface area contributed by atoms with Crippen LogP contribution in [0.5, 0.6) is 23.0 Å². The Labute approximate surface area is 222 Å². The predicted octanol–water partition coefficient (Wildman–Crippen LogP) is 4.31. The van der Waals surface area contributed by atoms with Crippen molar-refractivity contribution in [2.45, 2.75) is 45.8 Å². The molecule has 0 spiro atoms. The van der Waals surface area contributed by atoms with E-state index in [0.29, 0.717) is 11.5 Å². The molecular formula is C29H34N2O7. The van der Waals surface area contributed by atoms with E-state index in [-0.39, 0.29) is 11.4 Å². The Bertz CT molecular complexity index is 1250. The highest BCUT2D eigenvalue weighted by Crippen LogP contribution is 2.42. The van der Waals surface area contributed by atoms with E-state index in [1.54, 1.807) is 21.1 Å². The van der Waals surface area contributed by atoms with E-state index in [4.69, 9.17) is 18.9 Å². The lowest BCUT2D eigenvalue weighted by Crippen LogP contribution is -2.41. The highest BCUT2D eigenvalue weighted by Gasteiger charge is 2.32. The van der Waals surface area contributed by atoms with Gasteiger partial charge >= 0.3 is 5.97 Å². The van der Waals surface area contributed by atoms with Crippen LogP contribution >= 0.6 is 0 Å². The molecule has 1 amide bonds. The zero-order valence-corrected chi connectivity index (χ0v) is 22.7. The number of pyridine rings is 1.